The summed E-state index contributed by atoms with van der Waals surface area (Å²) in [5.74, 6) is 12.6. The molecule has 0 saturated carbocycles. The summed E-state index contributed by atoms with van der Waals surface area (Å²) in [6.07, 6.45) is 0.782. The molecule has 0 saturated heterocycles. The van der Waals surface area contributed by atoms with Gasteiger partial charge in [0.1, 0.15) is 46.0 Å². The van der Waals surface area contributed by atoms with Crippen LogP contribution in [0.2, 0.25) is 75.5 Å². The second-order valence-corrected chi connectivity index (χ2v) is 52.6. The molecule has 584 valence electrons. The Hall–Kier alpha value is -9.19. The Morgan fingerprint density at radius 2 is 0.865 bits per heavy atom. The van der Waals surface area contributed by atoms with E-state index in [1.807, 2.05) is 109 Å². The number of para-hydroxylation sites is 4. The van der Waals surface area contributed by atoms with Crippen LogP contribution in [-0.2, 0) is 27.5 Å². The summed E-state index contributed by atoms with van der Waals surface area (Å²) in [4.78, 5) is 62.0. The summed E-state index contributed by atoms with van der Waals surface area (Å²) in [5.41, 5.74) is 2.98. The quantitative estimate of drug-likeness (QED) is 0.0108. The number of H-pyrrole nitrogens is 1. The number of nitrogens with two attached hydrogens (primary N) is 2. The third-order valence-corrected chi connectivity index (χ3v) is 35.4. The Labute approximate surface area is 668 Å². The van der Waals surface area contributed by atoms with E-state index in [9.17, 15) is 34.4 Å². The number of hydrogen-bond donors (Lipinski definition) is 3. The fourth-order valence-electron chi connectivity index (χ4n) is 11.4. The number of nitro groups is 2. The maximum Gasteiger partial charge on any atom is 1.00 e. The zero-order valence-corrected chi connectivity index (χ0v) is 72.2. The number of imidazole rings is 2. The van der Waals surface area contributed by atoms with Crippen LogP contribution in [0.4, 0.5) is 11.4 Å². The van der Waals surface area contributed by atoms with E-state index in [1.165, 1.54) is 31.0 Å². The number of nitrogen functional groups attached to an aromatic ring is 1. The fourth-order valence-corrected chi connectivity index (χ4v) is 23.2. The molecule has 2 unspecified atom stereocenters. The zero-order chi connectivity index (χ0) is 81.0. The molecule has 10 aromatic rings. The molecule has 0 aliphatic heterocycles. The SMILES string of the molecule is COC(=O)c1[nH]c(C(CCO[Si](C)(C)C(C)(C)C)c2ccccc2[N+](=O)[O-])nc1-c1ccc(Oc2ccccc2)cc1.COC(=O)c1c(-c2ccc(Oc3ccccc3)cc2)nc(C(CCO[Si](C)(C)C(C)(C)C)c2ccccc2[N+](=O)[O-])n1N.C[Si](C)(C)[N-][Si](C)(C)C.NOP(=O)(c1ccccc1)c1ccccc1.[Li+]. The summed E-state index contributed by atoms with van der Waals surface area (Å²) in [6, 6.07) is 64.1. The van der Waals surface area contributed by atoms with E-state index in [-0.39, 0.29) is 57.5 Å². The number of nitro benzene ring substituents is 2. The normalized spacial score (nSPS) is 12.4. The van der Waals surface area contributed by atoms with E-state index in [2.05, 4.69) is 112 Å². The van der Waals surface area contributed by atoms with Gasteiger partial charge >= 0.3 is 30.8 Å². The van der Waals surface area contributed by atoms with Crippen molar-refractivity contribution in [1.29, 1.82) is 0 Å². The smallest absolute Gasteiger partial charge is 0.668 e. The second-order valence-electron chi connectivity index (χ2n) is 31.1. The molecule has 5 N–H and O–H groups in total. The van der Waals surface area contributed by atoms with E-state index in [0.717, 1.165) is 0 Å². The van der Waals surface area contributed by atoms with Crippen molar-refractivity contribution >= 4 is 74.4 Å². The summed E-state index contributed by atoms with van der Waals surface area (Å²) >= 11 is 0. The molecule has 23 nitrogen and oxygen atoms in total. The molecule has 2 aromatic heterocycles. The number of carbonyl (C=O) groups is 2. The van der Waals surface area contributed by atoms with Crippen LogP contribution in [0.25, 0.3) is 27.2 Å². The van der Waals surface area contributed by atoms with Gasteiger partial charge in [-0.15, -0.1) is 0 Å². The van der Waals surface area contributed by atoms with Crippen molar-refractivity contribution < 1.29 is 75.3 Å². The van der Waals surface area contributed by atoms with Crippen LogP contribution in [0, 0.1) is 20.2 Å². The van der Waals surface area contributed by atoms with E-state index < -0.39 is 74.1 Å². The van der Waals surface area contributed by atoms with Crippen molar-refractivity contribution in [2.24, 2.45) is 5.90 Å². The van der Waals surface area contributed by atoms with Crippen molar-refractivity contribution in [1.82, 2.24) is 19.6 Å². The van der Waals surface area contributed by atoms with Gasteiger partial charge in [-0.2, -0.15) is 0 Å². The molecule has 10 rings (SSSR count). The molecule has 2 atom stereocenters. The standard InChI is InChI=1S/C32H38N4O6Si.C32H37N3O6Si.C12H12NO2P.C6H18NSi2.Li/c1-32(2,3)43(5,6)41-21-20-26(25-14-10-11-15-27(25)36(38)39)30-34-28(29(35(30)33)31(37)40-4)22-16-18-24(19-17-22)42-23-12-8-7-9-13-23;1-32(2,3)42(5,6)40-21-20-26(25-14-10-11-15-27(25)35(37)38)30-33-28(29(34-30)31(36)39-4)22-16-18-24(19-17-22)41-23-12-8-7-9-13-23;13-15-16(14,11-7-3-1-4-8-11)12-9-5-2-6-10-12;1-8(2,3)7-9(4,5)6;/h7-19,26H,20-21,33H2,1-6H3;7-19,26H,20-21H2,1-6H3,(H,33,34);1-10H,13H2;1-6H3;/q;;;-1;+1. The van der Waals surface area contributed by atoms with Crippen LogP contribution < -0.4 is 50.7 Å². The van der Waals surface area contributed by atoms with Crippen LogP contribution >= 0.6 is 7.37 Å². The van der Waals surface area contributed by atoms with Gasteiger partial charge in [-0.1, -0.05) is 206 Å². The molecule has 0 spiro atoms. The number of methoxy groups -OCH3 is 2. The van der Waals surface area contributed by atoms with Gasteiger partial charge in [-0.3, -0.25) is 24.8 Å². The number of esters is 2. The zero-order valence-electron chi connectivity index (χ0n) is 67.3. The average molecular weight is 1590 g/mol. The topological polar surface area (TPSA) is 315 Å². The van der Waals surface area contributed by atoms with Gasteiger partial charge in [-0.25, -0.2) is 34.8 Å². The van der Waals surface area contributed by atoms with Crippen molar-refractivity contribution in [2.75, 3.05) is 33.3 Å². The number of ether oxygens (including phenoxy) is 4. The molecule has 0 radical (unpaired) electrons. The molecule has 0 aliphatic carbocycles. The third-order valence-electron chi connectivity index (χ3n) is 18.7. The van der Waals surface area contributed by atoms with Crippen molar-refractivity contribution in [2.45, 2.75) is 142 Å². The summed E-state index contributed by atoms with van der Waals surface area (Å²) in [5, 5.41) is 25.2. The fraction of sp³-hybridized carbons (Fsp3) is 0.317. The van der Waals surface area contributed by atoms with E-state index >= 15 is 0 Å². The molecule has 0 bridgehead atoms. The average Bonchev–Trinajstić information content (AvgIpc) is 1.64. The van der Waals surface area contributed by atoms with Crippen LogP contribution in [0.3, 0.4) is 0 Å². The number of aromatic nitrogens is 4. The molecule has 2 heterocycles. The Bertz CT molecular complexity index is 4660. The first-order valence-electron chi connectivity index (χ1n) is 36.1. The Morgan fingerprint density at radius 1 is 0.514 bits per heavy atom. The first-order chi connectivity index (χ1) is 51.7. The minimum atomic E-state index is -3.13. The number of nitrogens with zero attached hydrogens (tertiary/aromatic N) is 6. The first kappa shape index (κ1) is 90.7. The predicted octanol–water partition coefficient (Wildman–Crippen LogP) is 17.2. The van der Waals surface area contributed by atoms with Gasteiger partial charge in [0.05, 0.1) is 35.9 Å². The molecular formula is C82H105LiN9O14PSi4. The molecular weight excluding hydrogens is 1490 g/mol. The predicted molar refractivity (Wildman–Crippen MR) is 448 cm³/mol. The maximum atomic E-state index is 13.0. The van der Waals surface area contributed by atoms with Crippen molar-refractivity contribution in [3.05, 3.63) is 277 Å². The van der Waals surface area contributed by atoms with Gasteiger partial charge in [-0.05, 0) is 146 Å². The van der Waals surface area contributed by atoms with Gasteiger partial charge in [0.2, 0.25) is 0 Å². The minimum absolute atomic E-state index is 0. The number of nitrogens with one attached hydrogen (secondary N) is 1. The molecule has 111 heavy (non-hydrogen) atoms. The monoisotopic (exact) mass is 1590 g/mol. The first-order valence-corrected chi connectivity index (χ1v) is 50.5. The number of benzene rings is 8. The van der Waals surface area contributed by atoms with Gasteiger partial charge in [0.25, 0.3) is 18.7 Å². The minimum Gasteiger partial charge on any atom is -0.668 e. The summed E-state index contributed by atoms with van der Waals surface area (Å²) in [6.45, 7) is 36.1. The van der Waals surface area contributed by atoms with E-state index in [4.69, 9.17) is 58.8 Å². The summed E-state index contributed by atoms with van der Waals surface area (Å²) in [7, 11) is -6.96. The van der Waals surface area contributed by atoms with Crippen molar-refractivity contribution in [3.63, 3.8) is 0 Å². The molecule has 29 heteroatoms. The molecule has 8 aromatic carbocycles. The van der Waals surface area contributed by atoms with E-state index in [0.29, 0.717) is 99.1 Å². The van der Waals surface area contributed by atoms with E-state index in [1.54, 1.807) is 97.1 Å². The molecule has 0 amide bonds. The van der Waals surface area contributed by atoms with Crippen LogP contribution in [0.1, 0.15) is 110 Å². The van der Waals surface area contributed by atoms with Gasteiger partial charge in [0.15, 0.2) is 28.0 Å². The largest absolute Gasteiger partial charge is 1.00 e. The Balaban J connectivity index is 0.000000263. The van der Waals surface area contributed by atoms with Crippen molar-refractivity contribution in [3.8, 4) is 45.5 Å². The summed E-state index contributed by atoms with van der Waals surface area (Å²) < 4.78 is 58.2. The van der Waals surface area contributed by atoms with Gasteiger partial charge < -0.3 is 43.3 Å². The number of carbonyl (C=O) groups excluding carboxylic acids is 2. The van der Waals surface area contributed by atoms with Crippen LogP contribution in [0.5, 0.6) is 23.0 Å². The third kappa shape index (κ3) is 25.2. The van der Waals surface area contributed by atoms with Crippen LogP contribution in [-0.4, -0.2) is 102 Å². The number of rotatable bonds is 27. The second kappa shape index (κ2) is 39.8. The van der Waals surface area contributed by atoms with Crippen LogP contribution in [0.15, 0.2) is 218 Å². The molecule has 0 fully saturated rings. The maximum absolute atomic E-state index is 13.0. The molecule has 0 aliphatic rings. The Kier molecular flexibility index (Phi) is 32.5. The number of hydrogen-bond acceptors (Lipinski definition) is 18. The van der Waals surface area contributed by atoms with Gasteiger partial charge in [0, 0.05) is 58.2 Å². The Morgan fingerprint density at radius 3 is 1.23 bits per heavy atom. The number of aromatic amines is 1.